The number of hydrogen-bond acceptors (Lipinski definition) is 6. The van der Waals surface area contributed by atoms with Crippen LogP contribution in [0, 0.1) is 0 Å². The third-order valence-electron chi connectivity index (χ3n) is 6.59. The van der Waals surface area contributed by atoms with Crippen molar-refractivity contribution < 1.29 is 28.7 Å². The molecule has 1 aliphatic heterocycles. The fourth-order valence-electron chi connectivity index (χ4n) is 4.85. The Balaban J connectivity index is 1.53. The number of carbonyl (C=O) groups is 4. The first-order valence-electron chi connectivity index (χ1n) is 12.3. The standard InChI is InChI=1S/C27H31N3O6/c1-3-36-26(33)18-12-14-19(15-13-18)28-24(31)17-23-25(32)30(21-10-7-11-22(16-21)35-2)27(34)29(23)20-8-5-4-6-9-20/h7,10-16,20,23H,3-6,8-9,17H2,1-2H3,(H,28,31). The Morgan fingerprint density at radius 2 is 1.75 bits per heavy atom. The van der Waals surface area contributed by atoms with Gasteiger partial charge in [0.1, 0.15) is 11.8 Å². The van der Waals surface area contributed by atoms with Crippen molar-refractivity contribution in [2.24, 2.45) is 0 Å². The van der Waals surface area contributed by atoms with Gasteiger partial charge in [0.25, 0.3) is 5.91 Å². The summed E-state index contributed by atoms with van der Waals surface area (Å²) in [5.41, 5.74) is 1.28. The van der Waals surface area contributed by atoms with Crippen LogP contribution in [-0.4, -0.2) is 54.5 Å². The number of nitrogens with zero attached hydrogens (tertiary/aromatic N) is 2. The first kappa shape index (κ1) is 25.2. The molecule has 0 bridgehead atoms. The van der Waals surface area contributed by atoms with E-state index in [-0.39, 0.29) is 19.1 Å². The molecule has 1 heterocycles. The van der Waals surface area contributed by atoms with E-state index in [9.17, 15) is 19.2 Å². The van der Waals surface area contributed by atoms with E-state index in [1.807, 2.05) is 0 Å². The number of ether oxygens (including phenoxy) is 2. The zero-order chi connectivity index (χ0) is 25.7. The number of anilines is 2. The maximum atomic E-state index is 13.5. The second-order valence-corrected chi connectivity index (χ2v) is 8.92. The molecule has 9 heteroatoms. The second kappa shape index (κ2) is 11.2. The van der Waals surface area contributed by atoms with Crippen molar-refractivity contribution in [1.29, 1.82) is 0 Å². The molecule has 2 aromatic carbocycles. The van der Waals surface area contributed by atoms with Gasteiger partial charge in [0.2, 0.25) is 5.91 Å². The lowest BCUT2D eigenvalue weighted by atomic mass is 9.93. The van der Waals surface area contributed by atoms with E-state index in [0.29, 0.717) is 22.7 Å². The summed E-state index contributed by atoms with van der Waals surface area (Å²) in [5.74, 6) is -0.721. The van der Waals surface area contributed by atoms with Gasteiger partial charge in [-0.05, 0) is 56.2 Å². The van der Waals surface area contributed by atoms with Crippen molar-refractivity contribution in [2.45, 2.75) is 57.5 Å². The van der Waals surface area contributed by atoms with Crippen LogP contribution in [0.25, 0.3) is 0 Å². The van der Waals surface area contributed by atoms with Crippen molar-refractivity contribution in [3.63, 3.8) is 0 Å². The number of rotatable bonds is 8. The largest absolute Gasteiger partial charge is 0.497 e. The predicted molar refractivity (Wildman–Crippen MR) is 134 cm³/mol. The van der Waals surface area contributed by atoms with E-state index >= 15 is 0 Å². The number of urea groups is 1. The second-order valence-electron chi connectivity index (χ2n) is 8.92. The molecule has 2 fully saturated rings. The summed E-state index contributed by atoms with van der Waals surface area (Å²) in [4.78, 5) is 54.7. The summed E-state index contributed by atoms with van der Waals surface area (Å²) in [5, 5.41) is 2.78. The van der Waals surface area contributed by atoms with Crippen molar-refractivity contribution in [3.8, 4) is 5.75 Å². The molecule has 190 valence electrons. The van der Waals surface area contributed by atoms with Gasteiger partial charge in [0.15, 0.2) is 0 Å². The van der Waals surface area contributed by atoms with E-state index in [1.54, 1.807) is 60.4 Å². The quantitative estimate of drug-likeness (QED) is 0.432. The minimum absolute atomic E-state index is 0.0903. The van der Waals surface area contributed by atoms with Gasteiger partial charge >= 0.3 is 12.0 Å². The zero-order valence-electron chi connectivity index (χ0n) is 20.6. The molecular weight excluding hydrogens is 462 g/mol. The number of imide groups is 1. The summed E-state index contributed by atoms with van der Waals surface area (Å²) in [6, 6.07) is 11.7. The lowest BCUT2D eigenvalue weighted by Gasteiger charge is -2.33. The number of methoxy groups -OCH3 is 1. The summed E-state index contributed by atoms with van der Waals surface area (Å²) in [6.45, 7) is 2.00. The molecule has 0 radical (unpaired) electrons. The van der Waals surface area contributed by atoms with Gasteiger partial charge in [-0.1, -0.05) is 25.3 Å². The number of carbonyl (C=O) groups excluding carboxylic acids is 4. The van der Waals surface area contributed by atoms with E-state index < -0.39 is 29.9 Å². The average Bonchev–Trinajstić information content (AvgIpc) is 3.13. The molecule has 2 aliphatic rings. The van der Waals surface area contributed by atoms with E-state index in [4.69, 9.17) is 9.47 Å². The Bertz CT molecular complexity index is 1130. The normalized spacial score (nSPS) is 18.3. The molecule has 1 saturated heterocycles. The fourth-order valence-corrected chi connectivity index (χ4v) is 4.85. The predicted octanol–water partition coefficient (Wildman–Crippen LogP) is 4.37. The smallest absolute Gasteiger partial charge is 0.338 e. The van der Waals surface area contributed by atoms with Gasteiger partial charge < -0.3 is 19.7 Å². The Morgan fingerprint density at radius 3 is 2.42 bits per heavy atom. The van der Waals surface area contributed by atoms with Gasteiger partial charge in [-0.15, -0.1) is 0 Å². The van der Waals surface area contributed by atoms with Gasteiger partial charge in [-0.3, -0.25) is 9.59 Å². The average molecular weight is 494 g/mol. The number of benzene rings is 2. The molecule has 1 atom stereocenters. The van der Waals surface area contributed by atoms with Crippen LogP contribution in [0.1, 0.15) is 55.8 Å². The van der Waals surface area contributed by atoms with Crippen LogP contribution in [0.3, 0.4) is 0 Å². The molecule has 1 N–H and O–H groups in total. The topological polar surface area (TPSA) is 105 Å². The summed E-state index contributed by atoms with van der Waals surface area (Å²) in [6.07, 6.45) is 4.50. The third-order valence-corrected chi connectivity index (χ3v) is 6.59. The monoisotopic (exact) mass is 493 g/mol. The minimum Gasteiger partial charge on any atom is -0.497 e. The van der Waals surface area contributed by atoms with Crippen LogP contribution in [0.5, 0.6) is 5.75 Å². The Kier molecular flexibility index (Phi) is 7.87. The van der Waals surface area contributed by atoms with Gasteiger partial charge in [-0.2, -0.15) is 0 Å². The van der Waals surface area contributed by atoms with Crippen LogP contribution < -0.4 is 15.0 Å². The highest BCUT2D eigenvalue weighted by molar-refractivity contribution is 6.22. The number of esters is 1. The highest BCUT2D eigenvalue weighted by Gasteiger charge is 2.49. The molecule has 9 nitrogen and oxygen atoms in total. The lowest BCUT2D eigenvalue weighted by molar-refractivity contribution is -0.125. The van der Waals surface area contributed by atoms with Crippen LogP contribution in [0.4, 0.5) is 16.2 Å². The van der Waals surface area contributed by atoms with E-state index in [2.05, 4.69) is 5.32 Å². The molecule has 4 amide bonds. The summed E-state index contributed by atoms with van der Waals surface area (Å²) < 4.78 is 10.2. The van der Waals surface area contributed by atoms with E-state index in [1.165, 1.54) is 7.11 Å². The van der Waals surface area contributed by atoms with Gasteiger partial charge in [0, 0.05) is 17.8 Å². The maximum absolute atomic E-state index is 13.5. The highest BCUT2D eigenvalue weighted by Crippen LogP contribution is 2.34. The first-order valence-corrected chi connectivity index (χ1v) is 12.3. The summed E-state index contributed by atoms with van der Waals surface area (Å²) >= 11 is 0. The molecule has 0 aromatic heterocycles. The molecular formula is C27H31N3O6. The molecule has 4 rings (SSSR count). The molecule has 36 heavy (non-hydrogen) atoms. The minimum atomic E-state index is -0.898. The van der Waals surface area contributed by atoms with Crippen LogP contribution in [-0.2, 0) is 14.3 Å². The Hall–Kier alpha value is -3.88. The molecule has 2 aromatic rings. The Morgan fingerprint density at radius 1 is 1.03 bits per heavy atom. The maximum Gasteiger partial charge on any atom is 0.338 e. The molecule has 1 aliphatic carbocycles. The zero-order valence-corrected chi connectivity index (χ0v) is 20.6. The lowest BCUT2D eigenvalue weighted by Crippen LogP contribution is -2.45. The van der Waals surface area contributed by atoms with Gasteiger partial charge in [-0.25, -0.2) is 14.5 Å². The van der Waals surface area contributed by atoms with Crippen LogP contribution in [0.2, 0.25) is 0 Å². The van der Waals surface area contributed by atoms with Crippen molar-refractivity contribution >= 4 is 35.2 Å². The molecule has 1 unspecified atom stereocenters. The Labute approximate surface area is 210 Å². The van der Waals surface area contributed by atoms with Crippen molar-refractivity contribution in [2.75, 3.05) is 23.9 Å². The van der Waals surface area contributed by atoms with Crippen molar-refractivity contribution in [1.82, 2.24) is 4.90 Å². The van der Waals surface area contributed by atoms with E-state index in [0.717, 1.165) is 37.0 Å². The van der Waals surface area contributed by atoms with Crippen molar-refractivity contribution in [3.05, 3.63) is 54.1 Å². The highest BCUT2D eigenvalue weighted by atomic mass is 16.5. The third kappa shape index (κ3) is 5.35. The first-order chi connectivity index (χ1) is 17.4. The number of nitrogens with one attached hydrogen (secondary N) is 1. The van der Waals surface area contributed by atoms with Crippen LogP contribution in [0.15, 0.2) is 48.5 Å². The van der Waals surface area contributed by atoms with Crippen LogP contribution >= 0.6 is 0 Å². The van der Waals surface area contributed by atoms with Gasteiger partial charge in [0.05, 0.1) is 31.4 Å². The summed E-state index contributed by atoms with van der Waals surface area (Å²) in [7, 11) is 1.52. The molecule has 1 saturated carbocycles. The SMILES string of the molecule is CCOC(=O)c1ccc(NC(=O)CC2C(=O)N(c3cccc(OC)c3)C(=O)N2C2CCCCC2)cc1. The fraction of sp³-hybridized carbons (Fsp3) is 0.407. The number of hydrogen-bond donors (Lipinski definition) is 1. The molecule has 0 spiro atoms. The number of amides is 4.